The van der Waals surface area contributed by atoms with Crippen LogP contribution in [-0.4, -0.2) is 22.7 Å². The van der Waals surface area contributed by atoms with Gasteiger partial charge in [0.2, 0.25) is 0 Å². The van der Waals surface area contributed by atoms with Gasteiger partial charge in [-0.1, -0.05) is 19.1 Å². The van der Waals surface area contributed by atoms with Crippen LogP contribution in [-0.2, 0) is 0 Å². The Morgan fingerprint density at radius 1 is 1.25 bits per heavy atom. The standard InChI is InChI=1S/C16H17NO3/c1-3-10-20-15-7-5-4-6-13(15)14-9-8-12(16(18)19)11(2)17-14/h4-9H,3,10H2,1-2H3,(H,18,19). The summed E-state index contributed by atoms with van der Waals surface area (Å²) in [7, 11) is 0. The van der Waals surface area contributed by atoms with Gasteiger partial charge in [0.15, 0.2) is 0 Å². The normalized spacial score (nSPS) is 10.3. The fraction of sp³-hybridized carbons (Fsp3) is 0.250. The number of carboxylic acids is 1. The van der Waals surface area contributed by atoms with E-state index in [1.54, 1.807) is 19.1 Å². The Morgan fingerprint density at radius 2 is 2.00 bits per heavy atom. The summed E-state index contributed by atoms with van der Waals surface area (Å²) >= 11 is 0. The van der Waals surface area contributed by atoms with Crippen molar-refractivity contribution >= 4 is 5.97 Å². The van der Waals surface area contributed by atoms with E-state index >= 15 is 0 Å². The maximum Gasteiger partial charge on any atom is 0.337 e. The molecule has 4 heteroatoms. The van der Waals surface area contributed by atoms with Crippen molar-refractivity contribution in [2.45, 2.75) is 20.3 Å². The third-order valence-corrected chi connectivity index (χ3v) is 2.94. The fourth-order valence-corrected chi connectivity index (χ4v) is 1.95. The first-order chi connectivity index (χ1) is 9.63. The van der Waals surface area contributed by atoms with Crippen LogP contribution < -0.4 is 4.74 Å². The second kappa shape index (κ2) is 6.19. The van der Waals surface area contributed by atoms with Crippen LogP contribution in [0.25, 0.3) is 11.3 Å². The number of benzene rings is 1. The molecule has 0 bridgehead atoms. The molecule has 104 valence electrons. The lowest BCUT2D eigenvalue weighted by Crippen LogP contribution is -2.03. The van der Waals surface area contributed by atoms with E-state index in [2.05, 4.69) is 4.98 Å². The van der Waals surface area contributed by atoms with Crippen molar-refractivity contribution < 1.29 is 14.6 Å². The lowest BCUT2D eigenvalue weighted by molar-refractivity contribution is 0.0695. The molecule has 1 aromatic carbocycles. The topological polar surface area (TPSA) is 59.4 Å². The van der Waals surface area contributed by atoms with Crippen LogP contribution in [0, 0.1) is 6.92 Å². The molecule has 1 heterocycles. The van der Waals surface area contributed by atoms with Crippen LogP contribution in [0.2, 0.25) is 0 Å². The Kier molecular flexibility index (Phi) is 4.35. The predicted octanol–water partition coefficient (Wildman–Crippen LogP) is 3.54. The monoisotopic (exact) mass is 271 g/mol. The average Bonchev–Trinajstić information content (AvgIpc) is 2.45. The summed E-state index contributed by atoms with van der Waals surface area (Å²) in [5.41, 5.74) is 2.32. The van der Waals surface area contributed by atoms with Gasteiger partial charge in [-0.2, -0.15) is 0 Å². The molecular formula is C16H17NO3. The minimum absolute atomic E-state index is 0.223. The van der Waals surface area contributed by atoms with Gasteiger partial charge in [-0.05, 0) is 37.6 Å². The van der Waals surface area contributed by atoms with Crippen LogP contribution in [0.4, 0.5) is 0 Å². The molecule has 0 unspecified atom stereocenters. The minimum atomic E-state index is -0.961. The highest BCUT2D eigenvalue weighted by molar-refractivity contribution is 5.89. The van der Waals surface area contributed by atoms with Crippen molar-refractivity contribution in [1.29, 1.82) is 0 Å². The number of carbonyl (C=O) groups is 1. The Bertz CT molecular complexity index is 623. The Hall–Kier alpha value is -2.36. The van der Waals surface area contributed by atoms with Crippen LogP contribution in [0.5, 0.6) is 5.75 Å². The molecule has 0 saturated heterocycles. The van der Waals surface area contributed by atoms with Crippen LogP contribution in [0.1, 0.15) is 29.4 Å². The smallest absolute Gasteiger partial charge is 0.337 e. The number of carboxylic acid groups (broad SMARTS) is 1. The van der Waals surface area contributed by atoms with Crippen molar-refractivity contribution in [1.82, 2.24) is 4.98 Å². The molecule has 0 spiro atoms. The number of aromatic nitrogens is 1. The van der Waals surface area contributed by atoms with Crippen molar-refractivity contribution in [2.24, 2.45) is 0 Å². The molecule has 1 N–H and O–H groups in total. The van der Waals surface area contributed by atoms with E-state index in [4.69, 9.17) is 9.84 Å². The molecule has 2 aromatic rings. The second-order valence-corrected chi connectivity index (χ2v) is 4.48. The Labute approximate surface area is 118 Å². The van der Waals surface area contributed by atoms with Crippen LogP contribution >= 0.6 is 0 Å². The maximum atomic E-state index is 11.0. The van der Waals surface area contributed by atoms with E-state index in [-0.39, 0.29) is 5.56 Å². The Morgan fingerprint density at radius 3 is 2.65 bits per heavy atom. The van der Waals surface area contributed by atoms with Gasteiger partial charge in [-0.3, -0.25) is 4.98 Å². The molecule has 0 amide bonds. The molecule has 2 rings (SSSR count). The van der Waals surface area contributed by atoms with Gasteiger partial charge in [0, 0.05) is 5.56 Å². The third kappa shape index (κ3) is 2.96. The van der Waals surface area contributed by atoms with Gasteiger partial charge in [0.25, 0.3) is 0 Å². The molecular weight excluding hydrogens is 254 g/mol. The molecule has 1 aromatic heterocycles. The number of hydrogen-bond donors (Lipinski definition) is 1. The summed E-state index contributed by atoms with van der Waals surface area (Å²) in [5.74, 6) is -0.193. The molecule has 0 aliphatic carbocycles. The average molecular weight is 271 g/mol. The molecule has 0 radical (unpaired) electrons. The largest absolute Gasteiger partial charge is 0.493 e. The first kappa shape index (κ1) is 14.1. The molecule has 4 nitrogen and oxygen atoms in total. The number of aromatic carboxylic acids is 1. The predicted molar refractivity (Wildman–Crippen MR) is 77.2 cm³/mol. The highest BCUT2D eigenvalue weighted by Gasteiger charge is 2.12. The van der Waals surface area contributed by atoms with E-state index in [1.807, 2.05) is 31.2 Å². The van der Waals surface area contributed by atoms with Crippen molar-refractivity contribution in [2.75, 3.05) is 6.61 Å². The molecule has 0 fully saturated rings. The highest BCUT2D eigenvalue weighted by Crippen LogP contribution is 2.29. The first-order valence-corrected chi connectivity index (χ1v) is 6.56. The van der Waals surface area contributed by atoms with Crippen molar-refractivity contribution in [3.05, 3.63) is 47.7 Å². The summed E-state index contributed by atoms with van der Waals surface area (Å²) in [6, 6.07) is 10.9. The maximum absolute atomic E-state index is 11.0. The summed E-state index contributed by atoms with van der Waals surface area (Å²) in [4.78, 5) is 15.4. The van der Waals surface area contributed by atoms with Gasteiger partial charge >= 0.3 is 5.97 Å². The zero-order chi connectivity index (χ0) is 14.5. The van der Waals surface area contributed by atoms with E-state index in [0.29, 0.717) is 12.3 Å². The summed E-state index contributed by atoms with van der Waals surface area (Å²) in [6.45, 7) is 4.39. The highest BCUT2D eigenvalue weighted by atomic mass is 16.5. The summed E-state index contributed by atoms with van der Waals surface area (Å²) in [6.07, 6.45) is 0.929. The first-order valence-electron chi connectivity index (χ1n) is 6.56. The van der Waals surface area contributed by atoms with E-state index in [0.717, 1.165) is 23.4 Å². The van der Waals surface area contributed by atoms with Gasteiger partial charge in [0.1, 0.15) is 5.75 Å². The van der Waals surface area contributed by atoms with Crippen LogP contribution in [0.15, 0.2) is 36.4 Å². The number of nitrogens with zero attached hydrogens (tertiary/aromatic N) is 1. The number of pyridine rings is 1. The molecule has 20 heavy (non-hydrogen) atoms. The lowest BCUT2D eigenvalue weighted by Gasteiger charge is -2.11. The molecule has 0 aliphatic heterocycles. The second-order valence-electron chi connectivity index (χ2n) is 4.48. The van der Waals surface area contributed by atoms with Gasteiger partial charge in [0.05, 0.1) is 23.6 Å². The lowest BCUT2D eigenvalue weighted by atomic mass is 10.1. The van der Waals surface area contributed by atoms with Crippen molar-refractivity contribution in [3.8, 4) is 17.0 Å². The SMILES string of the molecule is CCCOc1ccccc1-c1ccc(C(=O)O)c(C)n1. The van der Waals surface area contributed by atoms with E-state index < -0.39 is 5.97 Å². The third-order valence-electron chi connectivity index (χ3n) is 2.94. The number of para-hydroxylation sites is 1. The zero-order valence-electron chi connectivity index (χ0n) is 11.6. The van der Waals surface area contributed by atoms with Gasteiger partial charge in [-0.25, -0.2) is 4.79 Å². The Balaban J connectivity index is 2.41. The number of rotatable bonds is 5. The summed E-state index contributed by atoms with van der Waals surface area (Å²) in [5, 5.41) is 9.03. The molecule has 0 aliphatic rings. The van der Waals surface area contributed by atoms with Gasteiger partial charge in [-0.15, -0.1) is 0 Å². The summed E-state index contributed by atoms with van der Waals surface area (Å²) < 4.78 is 5.70. The van der Waals surface area contributed by atoms with Gasteiger partial charge < -0.3 is 9.84 Å². The minimum Gasteiger partial charge on any atom is -0.493 e. The van der Waals surface area contributed by atoms with Crippen molar-refractivity contribution in [3.63, 3.8) is 0 Å². The fourth-order valence-electron chi connectivity index (χ4n) is 1.95. The number of hydrogen-bond acceptors (Lipinski definition) is 3. The quantitative estimate of drug-likeness (QED) is 0.903. The number of aryl methyl sites for hydroxylation is 1. The zero-order valence-corrected chi connectivity index (χ0v) is 11.6. The van der Waals surface area contributed by atoms with E-state index in [9.17, 15) is 4.79 Å². The van der Waals surface area contributed by atoms with E-state index in [1.165, 1.54) is 0 Å². The number of ether oxygens (including phenoxy) is 1. The molecule has 0 atom stereocenters. The molecule has 0 saturated carbocycles. The van der Waals surface area contributed by atoms with Crippen LogP contribution in [0.3, 0.4) is 0 Å².